The summed E-state index contributed by atoms with van der Waals surface area (Å²) in [5.41, 5.74) is 3.12. The molecule has 2 aromatic heterocycles. The Balaban J connectivity index is 1.84. The van der Waals surface area contributed by atoms with Crippen LogP contribution in [-0.2, 0) is 25.7 Å². The minimum absolute atomic E-state index is 0.247. The van der Waals surface area contributed by atoms with Crippen molar-refractivity contribution in [2.75, 3.05) is 6.54 Å². The van der Waals surface area contributed by atoms with Crippen LogP contribution in [0.5, 0.6) is 0 Å². The summed E-state index contributed by atoms with van der Waals surface area (Å²) in [6.45, 7) is 5.46. The van der Waals surface area contributed by atoms with Crippen LogP contribution in [-0.4, -0.2) is 26.4 Å². The van der Waals surface area contributed by atoms with Gasteiger partial charge in [-0.25, -0.2) is 4.98 Å². The van der Waals surface area contributed by atoms with Gasteiger partial charge in [0, 0.05) is 37.4 Å². The fourth-order valence-electron chi connectivity index (χ4n) is 2.92. The van der Waals surface area contributed by atoms with Crippen molar-refractivity contribution < 1.29 is 13.2 Å². The summed E-state index contributed by atoms with van der Waals surface area (Å²) in [6.07, 6.45) is -4.30. The highest BCUT2D eigenvalue weighted by molar-refractivity contribution is 5.25. The molecule has 0 radical (unpaired) electrons. The van der Waals surface area contributed by atoms with Crippen LogP contribution in [0.1, 0.15) is 34.0 Å². The first-order chi connectivity index (χ1) is 10.7. The van der Waals surface area contributed by atoms with Gasteiger partial charge in [0.25, 0.3) is 5.56 Å². The lowest BCUT2D eigenvalue weighted by Crippen LogP contribution is -2.36. The molecule has 0 atom stereocenters. The number of alkyl halides is 3. The maximum absolute atomic E-state index is 12.7. The average molecular weight is 326 g/mol. The minimum atomic E-state index is -4.63. The lowest BCUT2D eigenvalue weighted by molar-refractivity contribution is -0.145. The average Bonchev–Trinajstić information content (AvgIpc) is 2.76. The highest BCUT2D eigenvalue weighted by Crippen LogP contribution is 2.26. The van der Waals surface area contributed by atoms with Crippen LogP contribution in [0.25, 0.3) is 0 Å². The summed E-state index contributed by atoms with van der Waals surface area (Å²) in [5.74, 6) is -1.22. The normalized spacial score (nSPS) is 15.7. The maximum Gasteiger partial charge on any atom is 0.449 e. The molecule has 3 heterocycles. The number of halogens is 3. The number of hydrogen-bond acceptors (Lipinski definition) is 3. The Bertz CT molecular complexity index is 791. The van der Waals surface area contributed by atoms with Crippen molar-refractivity contribution in [3.05, 3.63) is 50.5 Å². The minimum Gasteiger partial charge on any atom is -0.361 e. The van der Waals surface area contributed by atoms with Crippen molar-refractivity contribution in [3.8, 4) is 0 Å². The molecule has 23 heavy (non-hydrogen) atoms. The number of aryl methyl sites for hydroxylation is 2. The van der Waals surface area contributed by atoms with Gasteiger partial charge in [-0.1, -0.05) is 0 Å². The van der Waals surface area contributed by atoms with Crippen molar-refractivity contribution in [1.29, 1.82) is 0 Å². The Hall–Kier alpha value is -2.09. The number of fused-ring (bicyclic) bond motifs is 1. The lowest BCUT2D eigenvalue weighted by atomic mass is 10.1. The molecule has 8 heteroatoms. The summed E-state index contributed by atoms with van der Waals surface area (Å²) in [5, 5.41) is 0. The molecule has 1 aliphatic heterocycles. The molecule has 124 valence electrons. The SMILES string of the molecule is Cc1cc(C)c(CN2CCc3nc(C(F)(F)F)[nH]c(=O)c3C2)[nH]1. The molecule has 0 amide bonds. The molecule has 0 aromatic carbocycles. The van der Waals surface area contributed by atoms with Crippen molar-refractivity contribution in [2.24, 2.45) is 0 Å². The van der Waals surface area contributed by atoms with E-state index in [4.69, 9.17) is 0 Å². The highest BCUT2D eigenvalue weighted by Gasteiger charge is 2.35. The number of aromatic nitrogens is 3. The Morgan fingerprint density at radius 2 is 2.04 bits per heavy atom. The summed E-state index contributed by atoms with van der Waals surface area (Å²) in [6, 6.07) is 2.04. The van der Waals surface area contributed by atoms with Crippen molar-refractivity contribution in [1.82, 2.24) is 19.9 Å². The summed E-state index contributed by atoms with van der Waals surface area (Å²) < 4.78 is 38.1. The molecule has 5 nitrogen and oxygen atoms in total. The second-order valence-electron chi connectivity index (χ2n) is 5.91. The first-order valence-electron chi connectivity index (χ1n) is 7.30. The van der Waals surface area contributed by atoms with E-state index < -0.39 is 17.6 Å². The third-order valence-corrected chi connectivity index (χ3v) is 4.05. The largest absolute Gasteiger partial charge is 0.449 e. The van der Waals surface area contributed by atoms with E-state index in [1.54, 1.807) is 0 Å². The van der Waals surface area contributed by atoms with Crippen molar-refractivity contribution in [3.63, 3.8) is 0 Å². The number of rotatable bonds is 2. The molecule has 0 aliphatic carbocycles. The van der Waals surface area contributed by atoms with Gasteiger partial charge in [0.15, 0.2) is 0 Å². The van der Waals surface area contributed by atoms with Gasteiger partial charge in [-0.15, -0.1) is 0 Å². The topological polar surface area (TPSA) is 64.8 Å². The fourth-order valence-corrected chi connectivity index (χ4v) is 2.92. The second-order valence-corrected chi connectivity index (χ2v) is 5.91. The second kappa shape index (κ2) is 5.52. The molecule has 0 unspecified atom stereocenters. The third kappa shape index (κ3) is 3.17. The van der Waals surface area contributed by atoms with E-state index >= 15 is 0 Å². The first kappa shape index (κ1) is 15.8. The summed E-state index contributed by atoms with van der Waals surface area (Å²) >= 11 is 0. The van der Waals surface area contributed by atoms with E-state index in [1.165, 1.54) is 0 Å². The lowest BCUT2D eigenvalue weighted by Gasteiger charge is -2.27. The molecule has 2 N–H and O–H groups in total. The maximum atomic E-state index is 12.7. The molecule has 0 bridgehead atoms. The van der Waals surface area contributed by atoms with Crippen LogP contribution in [0.2, 0.25) is 0 Å². The molecule has 0 spiro atoms. The molecule has 3 rings (SSSR count). The number of hydrogen-bond donors (Lipinski definition) is 2. The van der Waals surface area contributed by atoms with Gasteiger partial charge in [0.05, 0.1) is 11.3 Å². The van der Waals surface area contributed by atoms with E-state index in [1.807, 2.05) is 29.8 Å². The smallest absolute Gasteiger partial charge is 0.361 e. The highest BCUT2D eigenvalue weighted by atomic mass is 19.4. The number of H-pyrrole nitrogens is 2. The predicted octanol–water partition coefficient (Wildman–Crippen LogP) is 2.29. The van der Waals surface area contributed by atoms with Crippen LogP contribution in [0.3, 0.4) is 0 Å². The Morgan fingerprint density at radius 1 is 1.30 bits per heavy atom. The molecule has 0 fully saturated rings. The van der Waals surface area contributed by atoms with Gasteiger partial charge in [0.2, 0.25) is 5.82 Å². The van der Waals surface area contributed by atoms with E-state index in [0.29, 0.717) is 31.6 Å². The van der Waals surface area contributed by atoms with Crippen molar-refractivity contribution in [2.45, 2.75) is 39.5 Å². The van der Waals surface area contributed by atoms with Gasteiger partial charge in [0.1, 0.15) is 0 Å². The van der Waals surface area contributed by atoms with Gasteiger partial charge >= 0.3 is 6.18 Å². The van der Waals surface area contributed by atoms with E-state index in [9.17, 15) is 18.0 Å². The zero-order chi connectivity index (χ0) is 16.8. The quantitative estimate of drug-likeness (QED) is 0.890. The Morgan fingerprint density at radius 3 is 2.65 bits per heavy atom. The van der Waals surface area contributed by atoms with Crippen molar-refractivity contribution >= 4 is 0 Å². The van der Waals surface area contributed by atoms with E-state index in [0.717, 1.165) is 17.0 Å². The zero-order valence-corrected chi connectivity index (χ0v) is 12.8. The fraction of sp³-hybridized carbons (Fsp3) is 0.467. The van der Waals surface area contributed by atoms with Crippen LogP contribution in [0, 0.1) is 13.8 Å². The molecule has 0 saturated heterocycles. The summed E-state index contributed by atoms with van der Waals surface area (Å²) in [7, 11) is 0. The van der Waals surface area contributed by atoms with Crippen LogP contribution in [0.15, 0.2) is 10.9 Å². The van der Waals surface area contributed by atoms with Gasteiger partial charge < -0.3 is 9.97 Å². The molecule has 2 aromatic rings. The molecule has 1 aliphatic rings. The number of aromatic amines is 2. The van der Waals surface area contributed by atoms with E-state index in [2.05, 4.69) is 9.97 Å². The predicted molar refractivity (Wildman–Crippen MR) is 77.9 cm³/mol. The summed E-state index contributed by atoms with van der Waals surface area (Å²) in [4.78, 5) is 22.7. The first-order valence-corrected chi connectivity index (χ1v) is 7.30. The third-order valence-electron chi connectivity index (χ3n) is 4.05. The number of nitrogens with zero attached hydrogens (tertiary/aromatic N) is 2. The van der Waals surface area contributed by atoms with Crippen LogP contribution >= 0.6 is 0 Å². The molecular formula is C15H17F3N4O. The Labute approximate surface area is 130 Å². The standard InChI is InChI=1S/C15H17F3N4O/c1-8-5-9(2)19-12(8)7-22-4-3-11-10(6-22)13(23)21-14(20-11)15(16,17)18/h5,19H,3-4,6-7H2,1-2H3,(H,20,21,23). The molecular weight excluding hydrogens is 309 g/mol. The van der Waals surface area contributed by atoms with Gasteiger partial charge in [-0.05, 0) is 25.5 Å². The van der Waals surface area contributed by atoms with E-state index in [-0.39, 0.29) is 5.69 Å². The van der Waals surface area contributed by atoms with Crippen LogP contribution < -0.4 is 5.56 Å². The Kier molecular flexibility index (Phi) is 3.79. The monoisotopic (exact) mass is 326 g/mol. The van der Waals surface area contributed by atoms with Gasteiger partial charge in [-0.3, -0.25) is 9.69 Å². The zero-order valence-electron chi connectivity index (χ0n) is 12.8. The molecule has 0 saturated carbocycles. The van der Waals surface area contributed by atoms with Gasteiger partial charge in [-0.2, -0.15) is 13.2 Å². The number of nitrogens with one attached hydrogen (secondary N) is 2. The van der Waals surface area contributed by atoms with Crippen LogP contribution in [0.4, 0.5) is 13.2 Å².